The molecule has 0 saturated carbocycles. The molecule has 1 atom stereocenters. The minimum atomic E-state index is -0.571. The molecule has 0 saturated heterocycles. The van der Waals surface area contributed by atoms with Crippen LogP contribution in [0.3, 0.4) is 0 Å². The van der Waals surface area contributed by atoms with E-state index in [0.717, 1.165) is 0 Å². The molecule has 118 valence electrons. The number of hydrogen-bond acceptors (Lipinski definition) is 5. The molecule has 0 aromatic heterocycles. The van der Waals surface area contributed by atoms with Gasteiger partial charge in [0.15, 0.2) is 0 Å². The maximum absolute atomic E-state index is 11.7. The van der Waals surface area contributed by atoms with Crippen molar-refractivity contribution in [2.45, 2.75) is 45.9 Å². The van der Waals surface area contributed by atoms with Gasteiger partial charge in [0.05, 0.1) is 11.7 Å². The first-order chi connectivity index (χ1) is 9.88. The van der Waals surface area contributed by atoms with Gasteiger partial charge >= 0.3 is 5.97 Å². The van der Waals surface area contributed by atoms with E-state index in [1.807, 2.05) is 27.7 Å². The van der Waals surface area contributed by atoms with E-state index in [1.54, 1.807) is 24.3 Å². The van der Waals surface area contributed by atoms with Crippen molar-refractivity contribution >= 4 is 5.97 Å². The largest absolute Gasteiger partial charge is 0.491 e. The molecular weight excluding hydrogens is 270 g/mol. The van der Waals surface area contributed by atoms with E-state index >= 15 is 0 Å². The van der Waals surface area contributed by atoms with Crippen molar-refractivity contribution in [2.75, 3.05) is 13.2 Å². The van der Waals surface area contributed by atoms with Crippen LogP contribution < -0.4 is 10.1 Å². The van der Waals surface area contributed by atoms with Crippen molar-refractivity contribution in [1.29, 1.82) is 0 Å². The van der Waals surface area contributed by atoms with Crippen LogP contribution in [-0.2, 0) is 4.74 Å². The lowest BCUT2D eigenvalue weighted by atomic mass is 10.2. The summed E-state index contributed by atoms with van der Waals surface area (Å²) in [5.74, 6) is 0.261. The Bertz CT molecular complexity index is 428. The number of esters is 1. The summed E-state index contributed by atoms with van der Waals surface area (Å²) < 4.78 is 10.6. The lowest BCUT2D eigenvalue weighted by Gasteiger charge is -2.15. The molecule has 1 aromatic carbocycles. The smallest absolute Gasteiger partial charge is 0.338 e. The number of aliphatic hydroxyl groups is 1. The summed E-state index contributed by atoms with van der Waals surface area (Å²) in [4.78, 5) is 11.7. The number of aliphatic hydroxyl groups excluding tert-OH is 1. The highest BCUT2D eigenvalue weighted by Gasteiger charge is 2.10. The Balaban J connectivity index is 2.42. The van der Waals surface area contributed by atoms with Crippen LogP contribution in [0.5, 0.6) is 5.75 Å². The van der Waals surface area contributed by atoms with E-state index in [0.29, 0.717) is 23.9 Å². The van der Waals surface area contributed by atoms with E-state index in [1.165, 1.54) is 0 Å². The predicted molar refractivity (Wildman–Crippen MR) is 81.6 cm³/mol. The molecule has 0 heterocycles. The molecule has 1 rings (SSSR count). The first kappa shape index (κ1) is 17.5. The predicted octanol–water partition coefficient (Wildman–Crippen LogP) is 1.99. The molecule has 0 radical (unpaired) electrons. The molecule has 0 fully saturated rings. The van der Waals surface area contributed by atoms with Crippen molar-refractivity contribution < 1.29 is 19.4 Å². The van der Waals surface area contributed by atoms with E-state index < -0.39 is 6.10 Å². The van der Waals surface area contributed by atoms with Crippen molar-refractivity contribution in [1.82, 2.24) is 5.32 Å². The number of nitrogens with one attached hydrogen (secondary N) is 1. The van der Waals surface area contributed by atoms with Crippen LogP contribution in [0, 0.1) is 0 Å². The molecule has 5 heteroatoms. The van der Waals surface area contributed by atoms with Gasteiger partial charge in [0.1, 0.15) is 18.5 Å². The highest BCUT2D eigenvalue weighted by molar-refractivity contribution is 5.89. The second-order valence-electron chi connectivity index (χ2n) is 5.51. The van der Waals surface area contributed by atoms with Crippen LogP contribution in [-0.4, -0.2) is 42.5 Å². The fourth-order valence-corrected chi connectivity index (χ4v) is 1.59. The minimum Gasteiger partial charge on any atom is -0.491 e. The normalized spacial score (nSPS) is 12.5. The summed E-state index contributed by atoms with van der Waals surface area (Å²) in [5, 5.41) is 12.9. The number of ether oxygens (including phenoxy) is 2. The van der Waals surface area contributed by atoms with E-state index in [2.05, 4.69) is 5.32 Å². The summed E-state index contributed by atoms with van der Waals surface area (Å²) in [6, 6.07) is 7.02. The Morgan fingerprint density at radius 2 is 1.81 bits per heavy atom. The molecule has 1 aromatic rings. The molecule has 0 aliphatic carbocycles. The number of carbonyl (C=O) groups excluding carboxylic acids is 1. The van der Waals surface area contributed by atoms with Gasteiger partial charge in [-0.25, -0.2) is 4.79 Å². The molecule has 0 aliphatic rings. The third kappa shape index (κ3) is 7.11. The lowest BCUT2D eigenvalue weighted by Crippen LogP contribution is -2.35. The van der Waals surface area contributed by atoms with E-state index in [9.17, 15) is 9.90 Å². The fourth-order valence-electron chi connectivity index (χ4n) is 1.59. The number of benzene rings is 1. The monoisotopic (exact) mass is 295 g/mol. The van der Waals surface area contributed by atoms with Gasteiger partial charge < -0.3 is 19.9 Å². The van der Waals surface area contributed by atoms with Gasteiger partial charge in [-0.05, 0) is 38.1 Å². The maximum atomic E-state index is 11.7. The Kier molecular flexibility index (Phi) is 7.19. The van der Waals surface area contributed by atoms with Gasteiger partial charge in [-0.15, -0.1) is 0 Å². The Hall–Kier alpha value is -1.59. The highest BCUT2D eigenvalue weighted by Crippen LogP contribution is 2.13. The lowest BCUT2D eigenvalue weighted by molar-refractivity contribution is 0.0377. The van der Waals surface area contributed by atoms with Crippen LogP contribution in [0.25, 0.3) is 0 Å². The van der Waals surface area contributed by atoms with Gasteiger partial charge in [0.2, 0.25) is 0 Å². The summed E-state index contributed by atoms with van der Waals surface area (Å²) in [6.07, 6.45) is -0.713. The average Bonchev–Trinajstić information content (AvgIpc) is 2.42. The summed E-state index contributed by atoms with van der Waals surface area (Å²) in [5.41, 5.74) is 0.484. The Morgan fingerprint density at radius 1 is 1.19 bits per heavy atom. The third-order valence-corrected chi connectivity index (χ3v) is 2.64. The van der Waals surface area contributed by atoms with Crippen molar-refractivity contribution in [3.63, 3.8) is 0 Å². The number of carbonyl (C=O) groups is 1. The third-order valence-electron chi connectivity index (χ3n) is 2.64. The SMILES string of the molecule is CC(C)NCC(O)COc1ccc(C(=O)OC(C)C)cc1. The van der Waals surface area contributed by atoms with E-state index in [-0.39, 0.29) is 18.7 Å². The maximum Gasteiger partial charge on any atom is 0.338 e. The summed E-state index contributed by atoms with van der Waals surface area (Å²) >= 11 is 0. The first-order valence-corrected chi connectivity index (χ1v) is 7.23. The molecule has 0 spiro atoms. The quantitative estimate of drug-likeness (QED) is 0.718. The molecule has 5 nitrogen and oxygen atoms in total. The van der Waals surface area contributed by atoms with Gasteiger partial charge in [0, 0.05) is 12.6 Å². The molecule has 0 amide bonds. The van der Waals surface area contributed by atoms with Crippen LogP contribution in [0.4, 0.5) is 0 Å². The van der Waals surface area contributed by atoms with Gasteiger partial charge in [0.25, 0.3) is 0 Å². The van der Waals surface area contributed by atoms with Crippen LogP contribution >= 0.6 is 0 Å². The molecule has 0 bridgehead atoms. The molecule has 1 unspecified atom stereocenters. The summed E-state index contributed by atoms with van der Waals surface area (Å²) in [6.45, 7) is 8.33. The highest BCUT2D eigenvalue weighted by atomic mass is 16.5. The number of rotatable bonds is 8. The van der Waals surface area contributed by atoms with Crippen molar-refractivity contribution in [2.24, 2.45) is 0 Å². The fraction of sp³-hybridized carbons (Fsp3) is 0.562. The first-order valence-electron chi connectivity index (χ1n) is 7.23. The van der Waals surface area contributed by atoms with Crippen LogP contribution in [0.15, 0.2) is 24.3 Å². The second kappa shape index (κ2) is 8.64. The van der Waals surface area contributed by atoms with E-state index in [4.69, 9.17) is 9.47 Å². The minimum absolute atomic E-state index is 0.142. The zero-order chi connectivity index (χ0) is 15.8. The van der Waals surface area contributed by atoms with Crippen LogP contribution in [0.2, 0.25) is 0 Å². The Morgan fingerprint density at radius 3 is 2.33 bits per heavy atom. The standard InChI is InChI=1S/C16H25NO4/c1-11(2)17-9-14(18)10-20-15-7-5-13(6-8-15)16(19)21-12(3)4/h5-8,11-12,14,17-18H,9-10H2,1-4H3. The van der Waals surface area contributed by atoms with Gasteiger partial charge in [-0.2, -0.15) is 0 Å². The zero-order valence-electron chi connectivity index (χ0n) is 13.1. The Labute approximate surface area is 126 Å². The molecule has 21 heavy (non-hydrogen) atoms. The van der Waals surface area contributed by atoms with Gasteiger partial charge in [-0.3, -0.25) is 0 Å². The zero-order valence-corrected chi connectivity index (χ0v) is 13.1. The van der Waals surface area contributed by atoms with Gasteiger partial charge in [-0.1, -0.05) is 13.8 Å². The second-order valence-corrected chi connectivity index (χ2v) is 5.51. The average molecular weight is 295 g/mol. The summed E-state index contributed by atoms with van der Waals surface area (Å²) in [7, 11) is 0. The molecule has 2 N–H and O–H groups in total. The topological polar surface area (TPSA) is 67.8 Å². The number of hydrogen-bond donors (Lipinski definition) is 2. The van der Waals surface area contributed by atoms with Crippen molar-refractivity contribution in [3.8, 4) is 5.75 Å². The van der Waals surface area contributed by atoms with Crippen molar-refractivity contribution in [3.05, 3.63) is 29.8 Å². The molecular formula is C16H25NO4. The van der Waals surface area contributed by atoms with Crippen LogP contribution in [0.1, 0.15) is 38.1 Å². The molecule has 0 aliphatic heterocycles.